The minimum absolute atomic E-state index is 0.158. The Hall–Kier alpha value is -3.45. The zero-order valence-corrected chi connectivity index (χ0v) is 23.7. The van der Waals surface area contributed by atoms with Crippen molar-refractivity contribution in [1.29, 1.82) is 0 Å². The molecule has 39 heavy (non-hydrogen) atoms. The second-order valence-corrected chi connectivity index (χ2v) is 11.0. The average molecular weight is 534 g/mol. The van der Waals surface area contributed by atoms with Gasteiger partial charge in [0.1, 0.15) is 5.70 Å². The van der Waals surface area contributed by atoms with Crippen molar-refractivity contribution in [3.8, 4) is 11.1 Å². The van der Waals surface area contributed by atoms with Gasteiger partial charge in [-0.2, -0.15) is 0 Å². The molecule has 2 atom stereocenters. The van der Waals surface area contributed by atoms with E-state index in [1.807, 2.05) is 45.0 Å². The van der Waals surface area contributed by atoms with Gasteiger partial charge in [0.2, 0.25) is 11.8 Å². The summed E-state index contributed by atoms with van der Waals surface area (Å²) in [4.78, 5) is 41.5. The molecular weight excluding hydrogens is 490 g/mol. The number of rotatable bonds is 11. The van der Waals surface area contributed by atoms with Crippen molar-refractivity contribution >= 4 is 17.7 Å². The van der Waals surface area contributed by atoms with Crippen LogP contribution in [0, 0.1) is 24.7 Å². The summed E-state index contributed by atoms with van der Waals surface area (Å²) in [5.41, 5.74) is 6.44. The van der Waals surface area contributed by atoms with Crippen molar-refractivity contribution in [2.45, 2.75) is 72.8 Å². The van der Waals surface area contributed by atoms with Crippen LogP contribution in [0.1, 0.15) is 70.4 Å². The lowest BCUT2D eigenvalue weighted by Crippen LogP contribution is -2.45. The maximum absolute atomic E-state index is 13.7. The zero-order chi connectivity index (χ0) is 28.4. The Morgan fingerprint density at radius 1 is 1.00 bits per heavy atom. The Morgan fingerprint density at radius 3 is 2.38 bits per heavy atom. The van der Waals surface area contributed by atoms with E-state index >= 15 is 0 Å². The van der Waals surface area contributed by atoms with Gasteiger partial charge in [-0.1, -0.05) is 81.3 Å². The first-order chi connectivity index (χ1) is 18.7. The molecule has 0 aromatic heterocycles. The van der Waals surface area contributed by atoms with Crippen molar-refractivity contribution in [2.75, 3.05) is 6.54 Å². The third-order valence-electron chi connectivity index (χ3n) is 7.25. The summed E-state index contributed by atoms with van der Waals surface area (Å²) in [6.45, 7) is 9.03. The first kappa shape index (κ1) is 30.1. The van der Waals surface area contributed by atoms with Crippen LogP contribution in [0.3, 0.4) is 0 Å². The average Bonchev–Trinajstić information content (AvgIpc) is 2.91. The fourth-order valence-electron chi connectivity index (χ4n) is 5.30. The molecule has 0 aliphatic carbocycles. The second-order valence-electron chi connectivity index (χ2n) is 11.0. The van der Waals surface area contributed by atoms with Crippen LogP contribution in [-0.2, 0) is 20.9 Å². The maximum atomic E-state index is 13.7. The minimum atomic E-state index is -0.674. The van der Waals surface area contributed by atoms with E-state index < -0.39 is 17.7 Å². The Labute approximate surface area is 232 Å². The van der Waals surface area contributed by atoms with Gasteiger partial charge in [-0.25, -0.2) is 5.48 Å². The highest BCUT2D eigenvalue weighted by atomic mass is 16.5. The largest absolute Gasteiger partial charge is 0.333 e. The number of nitrogens with one attached hydrogen (secondary N) is 2. The molecule has 1 unspecified atom stereocenters. The Balaban J connectivity index is 1.81. The molecule has 0 spiro atoms. The smallest absolute Gasteiger partial charge is 0.270 e. The number of hydrogen-bond donors (Lipinski definition) is 3. The second kappa shape index (κ2) is 14.6. The molecule has 3 N–H and O–H groups in total. The molecule has 210 valence electrons. The van der Waals surface area contributed by atoms with Gasteiger partial charge in [-0.15, -0.1) is 0 Å². The van der Waals surface area contributed by atoms with Crippen LogP contribution in [0.4, 0.5) is 0 Å². The van der Waals surface area contributed by atoms with Crippen molar-refractivity contribution in [3.05, 3.63) is 71.4 Å². The number of allylic oxidation sites excluding steroid dienone is 1. The summed E-state index contributed by atoms with van der Waals surface area (Å²) < 4.78 is 0. The molecular formula is C32H43N3O4. The summed E-state index contributed by atoms with van der Waals surface area (Å²) in [7, 11) is 0. The molecule has 0 fully saturated rings. The summed E-state index contributed by atoms with van der Waals surface area (Å²) >= 11 is 0. The Morgan fingerprint density at radius 2 is 1.72 bits per heavy atom. The van der Waals surface area contributed by atoms with E-state index in [1.54, 1.807) is 10.4 Å². The molecule has 0 radical (unpaired) electrons. The van der Waals surface area contributed by atoms with Crippen LogP contribution < -0.4 is 10.8 Å². The molecule has 0 saturated carbocycles. The number of carbonyl (C=O) groups excluding carboxylic acids is 3. The van der Waals surface area contributed by atoms with Crippen LogP contribution in [0.25, 0.3) is 11.1 Å². The van der Waals surface area contributed by atoms with Crippen LogP contribution >= 0.6 is 0 Å². The van der Waals surface area contributed by atoms with Crippen molar-refractivity contribution in [1.82, 2.24) is 15.7 Å². The predicted octanol–water partition coefficient (Wildman–Crippen LogP) is 5.76. The fourth-order valence-corrected chi connectivity index (χ4v) is 5.30. The van der Waals surface area contributed by atoms with E-state index in [4.69, 9.17) is 0 Å². The summed E-state index contributed by atoms with van der Waals surface area (Å²) in [5, 5.41) is 12.2. The number of carbonyl (C=O) groups is 3. The van der Waals surface area contributed by atoms with Gasteiger partial charge in [0.05, 0.1) is 11.8 Å². The number of hydrogen-bond acceptors (Lipinski definition) is 4. The van der Waals surface area contributed by atoms with Crippen LogP contribution in [0.15, 0.2) is 60.3 Å². The lowest BCUT2D eigenvalue weighted by molar-refractivity contribution is -0.141. The van der Waals surface area contributed by atoms with Gasteiger partial charge >= 0.3 is 0 Å². The molecule has 2 aromatic rings. The molecule has 1 heterocycles. The molecule has 0 bridgehead atoms. The number of hydroxylamine groups is 1. The van der Waals surface area contributed by atoms with Gasteiger partial charge in [0.15, 0.2) is 0 Å². The third-order valence-corrected chi connectivity index (χ3v) is 7.25. The molecule has 3 amide bonds. The van der Waals surface area contributed by atoms with E-state index in [2.05, 4.69) is 42.6 Å². The van der Waals surface area contributed by atoms with E-state index in [0.717, 1.165) is 29.5 Å². The van der Waals surface area contributed by atoms with Crippen LogP contribution in [0.2, 0.25) is 0 Å². The number of nitrogens with zero attached hydrogens (tertiary/aromatic N) is 1. The van der Waals surface area contributed by atoms with Crippen molar-refractivity contribution < 1.29 is 19.6 Å². The van der Waals surface area contributed by atoms with Gasteiger partial charge < -0.3 is 10.2 Å². The van der Waals surface area contributed by atoms with E-state index in [9.17, 15) is 19.6 Å². The number of amides is 3. The SMILES string of the molecule is CCC[C@H](C(=O)NO)C(CC(C)C)C(=O)NC1=CCCCCN(Cc2cccc(-c3cccc(C)c3)c2)C1=O. The highest BCUT2D eigenvalue weighted by Gasteiger charge is 2.35. The first-order valence-electron chi connectivity index (χ1n) is 14.1. The molecule has 1 aliphatic rings. The Kier molecular flexibility index (Phi) is 11.3. The molecule has 1 aliphatic heterocycles. The van der Waals surface area contributed by atoms with Crippen LogP contribution in [-0.4, -0.2) is 34.4 Å². The monoisotopic (exact) mass is 533 g/mol. The normalized spacial score (nSPS) is 15.7. The molecule has 7 heteroatoms. The quantitative estimate of drug-likeness (QED) is 0.253. The molecule has 2 aromatic carbocycles. The molecule has 0 saturated heterocycles. The van der Waals surface area contributed by atoms with Gasteiger partial charge in [0.25, 0.3) is 5.91 Å². The number of aryl methyl sites for hydroxylation is 1. The summed E-state index contributed by atoms with van der Waals surface area (Å²) in [6.07, 6.45) is 5.93. The van der Waals surface area contributed by atoms with Gasteiger partial charge in [-0.3, -0.25) is 19.6 Å². The van der Waals surface area contributed by atoms with E-state index in [-0.39, 0.29) is 23.4 Å². The minimum Gasteiger partial charge on any atom is -0.333 e. The highest BCUT2D eigenvalue weighted by Crippen LogP contribution is 2.27. The van der Waals surface area contributed by atoms with Crippen LogP contribution in [0.5, 0.6) is 0 Å². The van der Waals surface area contributed by atoms with Crippen molar-refractivity contribution in [3.63, 3.8) is 0 Å². The zero-order valence-electron chi connectivity index (χ0n) is 23.7. The maximum Gasteiger partial charge on any atom is 0.270 e. The topological polar surface area (TPSA) is 98.7 Å². The first-order valence-corrected chi connectivity index (χ1v) is 14.1. The van der Waals surface area contributed by atoms with E-state index in [1.165, 1.54) is 5.56 Å². The number of benzene rings is 2. The summed E-state index contributed by atoms with van der Waals surface area (Å²) in [5.74, 6) is -2.31. The lowest BCUT2D eigenvalue weighted by Gasteiger charge is -2.29. The van der Waals surface area contributed by atoms with Crippen molar-refractivity contribution in [2.24, 2.45) is 17.8 Å². The lowest BCUT2D eigenvalue weighted by atomic mass is 9.81. The Bertz CT molecular complexity index is 1170. The predicted molar refractivity (Wildman–Crippen MR) is 153 cm³/mol. The van der Waals surface area contributed by atoms with Gasteiger partial charge in [-0.05, 0) is 67.7 Å². The van der Waals surface area contributed by atoms with E-state index in [0.29, 0.717) is 38.8 Å². The standard InChI is InChI=1S/C32H43N3O4/c1-5-11-27(31(37)34-39)28(18-22(2)3)30(36)33-29-16-7-6-8-17-35(32(29)38)21-24-13-10-15-26(20-24)25-14-9-12-23(4)19-25/h9-10,12-16,19-20,22,27-28,39H,5-8,11,17-18,21H2,1-4H3,(H,33,36)(H,34,37)/t27-,28?/m0/s1. The molecule has 7 nitrogen and oxygen atoms in total. The fraction of sp³-hybridized carbons (Fsp3) is 0.469. The van der Waals surface area contributed by atoms with Gasteiger partial charge in [0, 0.05) is 13.1 Å². The summed E-state index contributed by atoms with van der Waals surface area (Å²) in [6, 6.07) is 16.6. The molecule has 3 rings (SSSR count). The third kappa shape index (κ3) is 8.52. The highest BCUT2D eigenvalue weighted by molar-refractivity contribution is 5.98.